The summed E-state index contributed by atoms with van der Waals surface area (Å²) >= 11 is 19.4. The summed E-state index contributed by atoms with van der Waals surface area (Å²) in [5.41, 5.74) is 29.6. The number of fused-ring (bicyclic) bond motifs is 3. The fourth-order valence-electron chi connectivity index (χ4n) is 11.1. The molecule has 7 heterocycles. The summed E-state index contributed by atoms with van der Waals surface area (Å²) in [6.45, 7) is 34.1. The smallest absolute Gasteiger partial charge is 0.496 e. The number of carbonyl (C=O) groups is 5. The highest BCUT2D eigenvalue weighted by atomic mass is 79.9. The van der Waals surface area contributed by atoms with E-state index in [1.54, 1.807) is 105 Å². The maximum Gasteiger partial charge on any atom is 0.496 e. The number of phenols is 3. The maximum absolute atomic E-state index is 12.3. The van der Waals surface area contributed by atoms with Gasteiger partial charge < -0.3 is 75.0 Å². The van der Waals surface area contributed by atoms with Crippen LogP contribution in [0.5, 0.6) is 17.2 Å². The number of esters is 2. The number of amides is 1. The third-order valence-corrected chi connectivity index (χ3v) is 22.3. The highest BCUT2D eigenvalue weighted by Gasteiger charge is 2.52. The Balaban J connectivity index is 0.000000222. The number of nitrogen functional groups attached to an aromatic ring is 2. The van der Waals surface area contributed by atoms with Gasteiger partial charge in [-0.05, 0) is 271 Å². The summed E-state index contributed by atoms with van der Waals surface area (Å²) in [7, 11) is -0.363. The standard InChI is InChI=1S/C21H16ClN3O2.C14H13N3O.C11H17BN2O2.C11H12BrNO3.C9H10BrNO2.C9H8BrNO.C9H9BrO2.C4H6O3.H3NO/c1-12-9-17-13(2)25-27-19(17)10-16(12)14-7-8-20(23-11-14)24-21(26)15-5-3-4-6-18(15)22;1-8-5-12-9(2)17-18-13(12)6-11(8)10-3-4-14(15)16-7-10;1-10(2)11(3,4)16-12(15-10)8-5-6-9(13)14-7-8;1-6-4-9(11(15)5-10(6)12)7(2)13-16-8(3)14;1-5-3-7(6(2)11-13)9(12)4-8(5)10;1-5-3-7-6(2)11-12-9(7)4-8(5)10;1-5-3-7(6(2)11)9(12)4-8(5)10;1-3(5)7-4(2)6;1-2/h3-11H,1-2H3,(H,23,24,26);3-7H,1-2H3,(H2,15,16);5-7H,1-4H3,(H2,13,14);4-5,15H,1-3H3;3-4,12-13H,1-2H3;3-4H,1-2H3;3-4,12H,1-2H3;1-2H3;2H,1H2/b;;;13-7+;11-6+;;;;. The first-order valence-electron chi connectivity index (χ1n) is 37.2. The molecular weight excluding hydrogens is 1860 g/mol. The summed E-state index contributed by atoms with van der Waals surface area (Å²) in [4.78, 5) is 70.5. The summed E-state index contributed by atoms with van der Waals surface area (Å²) in [5.74, 6) is 3.16. The van der Waals surface area contributed by atoms with Crippen molar-refractivity contribution in [3.63, 3.8) is 0 Å². The molecule has 1 aliphatic rings. The van der Waals surface area contributed by atoms with E-state index in [0.717, 1.165) is 118 Å². The van der Waals surface area contributed by atoms with E-state index in [-0.39, 0.29) is 47.3 Å². The lowest BCUT2D eigenvalue weighted by molar-refractivity contribution is -0.156. The molecule has 0 bridgehead atoms. The fraction of sp³-hybridized carbons (Fsp3) is 0.239. The van der Waals surface area contributed by atoms with Crippen LogP contribution in [0.3, 0.4) is 0 Å². The number of hydrogen-bond acceptors (Lipinski definition) is 28. The number of halogens is 5. The number of rotatable bonds is 9. The average Bonchev–Trinajstić information content (AvgIpc) is 1.63. The molecule has 1 saturated heterocycles. The van der Waals surface area contributed by atoms with Crippen molar-refractivity contribution in [2.75, 3.05) is 16.8 Å². The highest BCUT2D eigenvalue weighted by molar-refractivity contribution is 9.11. The molecule has 646 valence electrons. The lowest BCUT2D eigenvalue weighted by Crippen LogP contribution is -2.41. The zero-order chi connectivity index (χ0) is 91.8. The van der Waals surface area contributed by atoms with Gasteiger partial charge in [-0.2, -0.15) is 0 Å². The van der Waals surface area contributed by atoms with E-state index < -0.39 is 17.9 Å². The van der Waals surface area contributed by atoms with Gasteiger partial charge in [-0.15, -0.1) is 0 Å². The number of carbonyl (C=O) groups excluding carboxylic acids is 5. The molecule has 0 aliphatic carbocycles. The Morgan fingerprint density at radius 1 is 0.472 bits per heavy atom. The number of hydrogen-bond donors (Lipinski definition) is 9. The molecule has 7 aromatic carbocycles. The predicted octanol–water partition coefficient (Wildman–Crippen LogP) is 20.2. The number of phenolic OH excluding ortho intramolecular Hbond substituents is 3. The summed E-state index contributed by atoms with van der Waals surface area (Å²) < 4.78 is 35.0. The summed E-state index contributed by atoms with van der Waals surface area (Å²) in [6, 6.07) is 40.0. The number of aromatic nitrogens is 6. The number of ether oxygens (including phenoxy) is 1. The normalized spacial score (nSPS) is 12.2. The molecular formula is C88H94BBr4ClN12O17. The van der Waals surface area contributed by atoms with Crippen molar-refractivity contribution >= 4 is 179 Å². The molecule has 0 saturated carbocycles. The molecule has 0 atom stereocenters. The van der Waals surface area contributed by atoms with Crippen molar-refractivity contribution in [2.45, 2.75) is 143 Å². The Kier molecular flexibility index (Phi) is 37.1. The fourth-order valence-corrected chi connectivity index (χ4v) is 12.6. The van der Waals surface area contributed by atoms with Gasteiger partial charge in [0.2, 0.25) is 0 Å². The quantitative estimate of drug-likeness (QED) is 0.00947. The Morgan fingerprint density at radius 2 is 0.862 bits per heavy atom. The van der Waals surface area contributed by atoms with E-state index >= 15 is 0 Å². The summed E-state index contributed by atoms with van der Waals surface area (Å²) in [6.07, 6.45) is 5.18. The molecule has 13 aromatic rings. The van der Waals surface area contributed by atoms with E-state index in [1.165, 1.54) is 44.9 Å². The van der Waals surface area contributed by atoms with Crippen molar-refractivity contribution in [3.05, 3.63) is 248 Å². The first kappa shape index (κ1) is 100. The van der Waals surface area contributed by atoms with E-state index in [0.29, 0.717) is 56.2 Å². The topological polar surface area (TPSA) is 455 Å². The zero-order valence-electron chi connectivity index (χ0n) is 70.8. The van der Waals surface area contributed by atoms with Crippen LogP contribution in [-0.4, -0.2) is 115 Å². The number of aromatic hydroxyl groups is 3. The van der Waals surface area contributed by atoms with Gasteiger partial charge in [0, 0.05) is 101 Å². The van der Waals surface area contributed by atoms with Gasteiger partial charge in [-0.3, -0.25) is 19.2 Å². The first-order chi connectivity index (χ1) is 57.8. The molecule has 14 rings (SSSR count). The lowest BCUT2D eigenvalue weighted by Gasteiger charge is -2.32. The second kappa shape index (κ2) is 45.5. The van der Waals surface area contributed by atoms with Crippen molar-refractivity contribution in [3.8, 4) is 39.5 Å². The SMILES string of the molecule is C/C(=N\O)c1cc(C)c(Br)cc1O.CC(=O)O/N=C(\C)c1cc(C)c(Br)cc1O.CC(=O)OC(C)=O.CC(=O)c1cc(C)c(Br)cc1O.CC1(C)OB(c2ccc(N)nc2)OC1(C)C.Cc1cc2c(C)noc2cc1-c1ccc(N)nc1.Cc1cc2c(C)noc2cc1-c1ccc(NC(=O)c2ccccc2Cl)nc1.Cc1cc2c(C)noc2cc1Br.NO. The van der Waals surface area contributed by atoms with Gasteiger partial charge in [0.25, 0.3) is 5.91 Å². The molecule has 0 radical (unpaired) electrons. The largest absolute Gasteiger partial charge is 0.507 e. The van der Waals surface area contributed by atoms with Crippen LogP contribution in [0.25, 0.3) is 55.2 Å². The number of ketones is 1. The van der Waals surface area contributed by atoms with Crippen LogP contribution in [0.2, 0.25) is 5.02 Å². The molecule has 1 amide bonds. The molecule has 123 heavy (non-hydrogen) atoms. The van der Waals surface area contributed by atoms with E-state index in [9.17, 15) is 39.3 Å². The van der Waals surface area contributed by atoms with Gasteiger partial charge in [0.1, 0.15) is 34.7 Å². The van der Waals surface area contributed by atoms with Crippen LogP contribution in [0.15, 0.2) is 194 Å². The van der Waals surface area contributed by atoms with E-state index in [4.69, 9.17) is 56.4 Å². The average molecular weight is 1960 g/mol. The second-order valence-corrected chi connectivity index (χ2v) is 32.4. The first-order valence-corrected chi connectivity index (χ1v) is 40.8. The third-order valence-electron chi connectivity index (χ3n) is 18.5. The van der Waals surface area contributed by atoms with Gasteiger partial charge in [0.15, 0.2) is 22.5 Å². The minimum absolute atomic E-state index is 0.0278. The van der Waals surface area contributed by atoms with Crippen LogP contribution in [-0.2, 0) is 33.3 Å². The molecule has 6 aromatic heterocycles. The van der Waals surface area contributed by atoms with Crippen LogP contribution >= 0.6 is 75.3 Å². The molecule has 29 nitrogen and oxygen atoms in total. The number of benzene rings is 7. The van der Waals surface area contributed by atoms with E-state index in [1.807, 2.05) is 113 Å². The van der Waals surface area contributed by atoms with Crippen molar-refractivity contribution in [2.24, 2.45) is 16.2 Å². The molecule has 0 unspecified atom stereocenters. The molecule has 1 fully saturated rings. The number of Topliss-reactive ketones (excluding diaryl/α,β-unsaturated/α-hetero) is 1. The van der Waals surface area contributed by atoms with Crippen LogP contribution in [0.4, 0.5) is 17.5 Å². The minimum atomic E-state index is -0.562. The number of nitrogens with zero attached hydrogens (tertiary/aromatic N) is 8. The Morgan fingerprint density at radius 3 is 1.25 bits per heavy atom. The van der Waals surface area contributed by atoms with Crippen molar-refractivity contribution in [1.82, 2.24) is 30.4 Å². The van der Waals surface area contributed by atoms with Crippen LogP contribution in [0.1, 0.15) is 152 Å². The number of aryl methyl sites for hydroxylation is 9. The Bertz CT molecular complexity index is 5980. The number of nitrogens with one attached hydrogen (secondary N) is 1. The molecule has 12 N–H and O–H groups in total. The number of oxime groups is 2. The zero-order valence-corrected chi connectivity index (χ0v) is 77.9. The van der Waals surface area contributed by atoms with Crippen LogP contribution in [0, 0.1) is 62.3 Å². The number of anilines is 3. The minimum Gasteiger partial charge on any atom is -0.507 e. The van der Waals surface area contributed by atoms with Crippen molar-refractivity contribution < 1.29 is 82.2 Å². The van der Waals surface area contributed by atoms with Gasteiger partial charge in [-0.25, -0.2) is 25.6 Å². The highest BCUT2D eigenvalue weighted by Crippen LogP contribution is 2.38. The molecule has 35 heteroatoms. The predicted molar refractivity (Wildman–Crippen MR) is 491 cm³/mol. The second-order valence-electron chi connectivity index (χ2n) is 28.6. The van der Waals surface area contributed by atoms with Crippen molar-refractivity contribution in [1.29, 1.82) is 0 Å². The van der Waals surface area contributed by atoms with Crippen LogP contribution < -0.4 is 28.1 Å². The molecule has 0 spiro atoms. The summed E-state index contributed by atoms with van der Waals surface area (Å²) in [5, 5.41) is 68.4. The van der Waals surface area contributed by atoms with Gasteiger partial charge in [-0.1, -0.05) is 119 Å². The van der Waals surface area contributed by atoms with Gasteiger partial charge in [0.05, 0.1) is 55.9 Å². The Labute approximate surface area is 749 Å². The van der Waals surface area contributed by atoms with Gasteiger partial charge >= 0.3 is 25.0 Å². The third kappa shape index (κ3) is 28.2. The number of pyridine rings is 3. The number of nitrogens with two attached hydrogens (primary N) is 3. The van der Waals surface area contributed by atoms with E-state index in [2.05, 4.69) is 157 Å². The lowest BCUT2D eigenvalue weighted by atomic mass is 9.80. The Hall–Kier alpha value is -11.6. The molecule has 1 aliphatic heterocycles. The monoisotopic (exact) mass is 1950 g/mol. The maximum atomic E-state index is 12.3.